The Hall–Kier alpha value is -1.71. The van der Waals surface area contributed by atoms with Crippen molar-refractivity contribution in [3.05, 3.63) is 30.1 Å². The second kappa shape index (κ2) is 6.45. The van der Waals surface area contributed by atoms with Gasteiger partial charge in [-0.2, -0.15) is 0 Å². The smallest absolute Gasteiger partial charge is 0.167 e. The first-order valence-corrected chi connectivity index (χ1v) is 6.84. The van der Waals surface area contributed by atoms with Crippen molar-refractivity contribution in [2.75, 3.05) is 17.7 Å². The number of nitrogen functional groups attached to an aromatic ring is 1. The van der Waals surface area contributed by atoms with E-state index in [2.05, 4.69) is 17.5 Å². The lowest BCUT2D eigenvalue weighted by atomic mass is 10.0. The van der Waals surface area contributed by atoms with Crippen LogP contribution in [-0.2, 0) is 0 Å². The lowest BCUT2D eigenvalue weighted by Gasteiger charge is -2.22. The SMILES string of the molecule is CCCOc1cc(NC2CC=CCC2)c(N)cc1F. The molecule has 0 aliphatic heterocycles. The zero-order valence-corrected chi connectivity index (χ0v) is 11.3. The summed E-state index contributed by atoms with van der Waals surface area (Å²) in [6.45, 7) is 2.50. The van der Waals surface area contributed by atoms with Gasteiger partial charge in [-0.3, -0.25) is 0 Å². The van der Waals surface area contributed by atoms with Crippen molar-refractivity contribution < 1.29 is 9.13 Å². The molecule has 0 fully saturated rings. The van der Waals surface area contributed by atoms with Crippen LogP contribution in [0.4, 0.5) is 15.8 Å². The van der Waals surface area contributed by atoms with E-state index >= 15 is 0 Å². The molecule has 1 aromatic rings. The quantitative estimate of drug-likeness (QED) is 0.629. The fourth-order valence-electron chi connectivity index (χ4n) is 2.16. The number of allylic oxidation sites excluding steroid dienone is 1. The number of hydrogen-bond acceptors (Lipinski definition) is 3. The van der Waals surface area contributed by atoms with Crippen molar-refractivity contribution in [2.45, 2.75) is 38.6 Å². The number of benzene rings is 1. The molecular formula is C15H21FN2O. The van der Waals surface area contributed by atoms with Crippen LogP contribution in [0.3, 0.4) is 0 Å². The van der Waals surface area contributed by atoms with Gasteiger partial charge in [0, 0.05) is 18.2 Å². The predicted octanol–water partition coefficient (Wildman–Crippen LogP) is 3.72. The number of nitrogens with one attached hydrogen (secondary N) is 1. The standard InChI is InChI=1S/C15H21FN2O/c1-2-8-19-15-10-14(13(17)9-12(15)16)18-11-6-4-3-5-7-11/h3-4,9-11,18H,2,5-8,17H2,1H3. The third kappa shape index (κ3) is 3.63. The van der Waals surface area contributed by atoms with Gasteiger partial charge in [0.2, 0.25) is 0 Å². The van der Waals surface area contributed by atoms with Gasteiger partial charge in [-0.1, -0.05) is 19.1 Å². The highest BCUT2D eigenvalue weighted by molar-refractivity contribution is 5.69. The van der Waals surface area contributed by atoms with Gasteiger partial charge in [0.1, 0.15) is 0 Å². The van der Waals surface area contributed by atoms with Crippen molar-refractivity contribution in [1.82, 2.24) is 0 Å². The van der Waals surface area contributed by atoms with E-state index in [0.29, 0.717) is 18.3 Å². The summed E-state index contributed by atoms with van der Waals surface area (Å²) in [6, 6.07) is 3.35. The van der Waals surface area contributed by atoms with E-state index in [0.717, 1.165) is 31.4 Å². The molecule has 0 saturated heterocycles. The molecule has 0 spiro atoms. The fourth-order valence-corrected chi connectivity index (χ4v) is 2.16. The molecule has 1 atom stereocenters. The summed E-state index contributed by atoms with van der Waals surface area (Å²) < 4.78 is 19.1. The number of nitrogens with two attached hydrogens (primary N) is 1. The average Bonchev–Trinajstić information content (AvgIpc) is 2.42. The van der Waals surface area contributed by atoms with Crippen LogP contribution < -0.4 is 15.8 Å². The molecule has 1 aromatic carbocycles. The fraction of sp³-hybridized carbons (Fsp3) is 0.467. The minimum atomic E-state index is -0.403. The van der Waals surface area contributed by atoms with E-state index in [4.69, 9.17) is 10.5 Å². The molecular weight excluding hydrogens is 243 g/mol. The lowest BCUT2D eigenvalue weighted by molar-refractivity contribution is 0.301. The molecule has 0 bridgehead atoms. The van der Waals surface area contributed by atoms with Crippen molar-refractivity contribution in [2.24, 2.45) is 0 Å². The van der Waals surface area contributed by atoms with E-state index in [-0.39, 0.29) is 5.75 Å². The first kappa shape index (κ1) is 13.7. The van der Waals surface area contributed by atoms with Crippen LogP contribution in [0, 0.1) is 5.82 Å². The summed E-state index contributed by atoms with van der Waals surface area (Å²) in [7, 11) is 0. The highest BCUT2D eigenvalue weighted by atomic mass is 19.1. The van der Waals surface area contributed by atoms with E-state index in [1.165, 1.54) is 6.07 Å². The van der Waals surface area contributed by atoms with Crippen LogP contribution in [0.15, 0.2) is 24.3 Å². The molecule has 1 aliphatic carbocycles. The summed E-state index contributed by atoms with van der Waals surface area (Å²) in [5, 5.41) is 3.37. The van der Waals surface area contributed by atoms with Gasteiger partial charge in [0.15, 0.2) is 11.6 Å². The normalized spacial score (nSPS) is 18.3. The van der Waals surface area contributed by atoms with Crippen LogP contribution in [0.25, 0.3) is 0 Å². The Kier molecular flexibility index (Phi) is 4.66. The first-order chi connectivity index (χ1) is 9.20. The molecule has 0 amide bonds. The number of ether oxygens (including phenoxy) is 1. The molecule has 0 radical (unpaired) electrons. The molecule has 0 saturated carbocycles. The Bertz CT molecular complexity index is 460. The Balaban J connectivity index is 2.12. The number of halogens is 1. The topological polar surface area (TPSA) is 47.3 Å². The molecule has 4 heteroatoms. The van der Waals surface area contributed by atoms with Crippen LogP contribution in [0.1, 0.15) is 32.6 Å². The summed E-state index contributed by atoms with van der Waals surface area (Å²) in [5.41, 5.74) is 7.04. The van der Waals surface area contributed by atoms with E-state index in [1.807, 2.05) is 6.92 Å². The molecule has 3 nitrogen and oxygen atoms in total. The molecule has 3 N–H and O–H groups in total. The van der Waals surface area contributed by atoms with Gasteiger partial charge >= 0.3 is 0 Å². The molecule has 0 heterocycles. The maximum atomic E-state index is 13.7. The van der Waals surface area contributed by atoms with Crippen LogP contribution in [0.2, 0.25) is 0 Å². The van der Waals surface area contributed by atoms with Gasteiger partial charge in [0.25, 0.3) is 0 Å². The van der Waals surface area contributed by atoms with Gasteiger partial charge in [-0.05, 0) is 25.7 Å². The van der Waals surface area contributed by atoms with E-state index < -0.39 is 5.82 Å². The second-order valence-corrected chi connectivity index (χ2v) is 4.84. The highest BCUT2D eigenvalue weighted by Crippen LogP contribution is 2.30. The molecule has 104 valence electrons. The third-order valence-corrected chi connectivity index (χ3v) is 3.19. The largest absolute Gasteiger partial charge is 0.490 e. The van der Waals surface area contributed by atoms with E-state index in [9.17, 15) is 4.39 Å². The molecule has 19 heavy (non-hydrogen) atoms. The summed E-state index contributed by atoms with van der Waals surface area (Å²) >= 11 is 0. The lowest BCUT2D eigenvalue weighted by Crippen LogP contribution is -2.21. The third-order valence-electron chi connectivity index (χ3n) is 3.19. The Morgan fingerprint density at radius 3 is 2.95 bits per heavy atom. The van der Waals surface area contributed by atoms with Gasteiger partial charge in [-0.25, -0.2) is 4.39 Å². The van der Waals surface area contributed by atoms with Gasteiger partial charge < -0.3 is 15.8 Å². The van der Waals surface area contributed by atoms with E-state index in [1.54, 1.807) is 6.07 Å². The average molecular weight is 264 g/mol. The predicted molar refractivity (Wildman–Crippen MR) is 77.0 cm³/mol. The monoisotopic (exact) mass is 264 g/mol. The first-order valence-electron chi connectivity index (χ1n) is 6.84. The Labute approximate surface area is 113 Å². The van der Waals surface area contributed by atoms with Crippen molar-refractivity contribution in [3.63, 3.8) is 0 Å². The number of rotatable bonds is 5. The minimum absolute atomic E-state index is 0.268. The molecule has 2 rings (SSSR count). The van der Waals surface area contributed by atoms with Crippen molar-refractivity contribution in [3.8, 4) is 5.75 Å². The number of hydrogen-bond donors (Lipinski definition) is 2. The summed E-state index contributed by atoms with van der Waals surface area (Å²) in [6.07, 6.45) is 8.30. The van der Waals surface area contributed by atoms with Crippen LogP contribution in [0.5, 0.6) is 5.75 Å². The maximum Gasteiger partial charge on any atom is 0.167 e. The number of anilines is 2. The zero-order valence-electron chi connectivity index (χ0n) is 11.3. The van der Waals surface area contributed by atoms with Crippen LogP contribution >= 0.6 is 0 Å². The van der Waals surface area contributed by atoms with Crippen LogP contribution in [-0.4, -0.2) is 12.6 Å². The van der Waals surface area contributed by atoms with Crippen molar-refractivity contribution in [1.29, 1.82) is 0 Å². The highest BCUT2D eigenvalue weighted by Gasteiger charge is 2.14. The van der Waals surface area contributed by atoms with Gasteiger partial charge in [-0.15, -0.1) is 0 Å². The second-order valence-electron chi connectivity index (χ2n) is 4.84. The molecule has 0 aromatic heterocycles. The summed E-state index contributed by atoms with van der Waals surface area (Å²) in [4.78, 5) is 0. The van der Waals surface area contributed by atoms with Gasteiger partial charge in [0.05, 0.1) is 18.0 Å². The molecule has 1 unspecified atom stereocenters. The Morgan fingerprint density at radius 2 is 2.26 bits per heavy atom. The summed E-state index contributed by atoms with van der Waals surface area (Å²) in [5.74, 6) is -0.134. The maximum absolute atomic E-state index is 13.7. The minimum Gasteiger partial charge on any atom is -0.490 e. The Morgan fingerprint density at radius 1 is 1.42 bits per heavy atom. The molecule has 1 aliphatic rings. The van der Waals surface area contributed by atoms with Crippen molar-refractivity contribution >= 4 is 11.4 Å². The zero-order chi connectivity index (χ0) is 13.7.